The van der Waals surface area contributed by atoms with Crippen LogP contribution in [0.1, 0.15) is 24.0 Å². The molecule has 27 heavy (non-hydrogen) atoms. The summed E-state index contributed by atoms with van der Waals surface area (Å²) in [4.78, 5) is 23.0. The summed E-state index contributed by atoms with van der Waals surface area (Å²) in [5.74, 6) is -2.40. The van der Waals surface area contributed by atoms with Gasteiger partial charge in [-0.3, -0.25) is 9.59 Å². The number of hydrogen-bond acceptors (Lipinski definition) is 5. The van der Waals surface area contributed by atoms with Crippen LogP contribution in [0.3, 0.4) is 0 Å². The highest BCUT2D eigenvalue weighted by molar-refractivity contribution is 7.89. The van der Waals surface area contributed by atoms with Crippen molar-refractivity contribution in [2.45, 2.75) is 36.9 Å². The molecule has 150 valence electrons. The molecule has 0 saturated carbocycles. The molecule has 1 amide bonds. The van der Waals surface area contributed by atoms with Gasteiger partial charge < -0.3 is 9.64 Å². The Labute approximate surface area is 154 Å². The van der Waals surface area contributed by atoms with E-state index in [0.29, 0.717) is 16.0 Å². The number of alkyl halides is 3. The third-order valence-corrected chi connectivity index (χ3v) is 5.57. The van der Waals surface area contributed by atoms with E-state index in [-0.39, 0.29) is 43.8 Å². The monoisotopic (exact) mass is 408 g/mol. The van der Waals surface area contributed by atoms with E-state index in [2.05, 4.69) is 9.46 Å². The molecule has 0 aromatic heterocycles. The maximum Gasteiger partial charge on any atom is 0.471 e. The van der Waals surface area contributed by atoms with Crippen LogP contribution in [0, 0.1) is 0 Å². The summed E-state index contributed by atoms with van der Waals surface area (Å²) >= 11 is 0. The predicted octanol–water partition coefficient (Wildman–Crippen LogP) is 1.37. The molecular weight excluding hydrogens is 389 g/mol. The molecule has 0 atom stereocenters. The average molecular weight is 408 g/mol. The van der Waals surface area contributed by atoms with Gasteiger partial charge >= 0.3 is 18.1 Å². The molecule has 0 saturated heterocycles. The van der Waals surface area contributed by atoms with Gasteiger partial charge in [-0.15, -0.1) is 0 Å². The van der Waals surface area contributed by atoms with E-state index in [1.165, 1.54) is 25.3 Å². The molecule has 0 unspecified atom stereocenters. The third kappa shape index (κ3) is 5.42. The van der Waals surface area contributed by atoms with Crippen LogP contribution in [0.25, 0.3) is 0 Å². The molecule has 0 radical (unpaired) electrons. The molecule has 1 aliphatic heterocycles. The summed E-state index contributed by atoms with van der Waals surface area (Å²) in [5.41, 5.74) is 1.06. The largest absolute Gasteiger partial charge is 0.471 e. The minimum absolute atomic E-state index is 0.00715. The molecular formula is C16H19F3N2O5S. The van der Waals surface area contributed by atoms with Gasteiger partial charge in [-0.2, -0.15) is 13.2 Å². The minimum Gasteiger partial charge on any atom is -0.469 e. The summed E-state index contributed by atoms with van der Waals surface area (Å²) in [6.07, 6.45) is -4.46. The van der Waals surface area contributed by atoms with E-state index in [0.717, 1.165) is 0 Å². The Morgan fingerprint density at radius 2 is 1.96 bits per heavy atom. The molecule has 1 aromatic carbocycles. The van der Waals surface area contributed by atoms with Gasteiger partial charge in [0.15, 0.2) is 0 Å². The van der Waals surface area contributed by atoms with Crippen molar-refractivity contribution in [1.82, 2.24) is 9.62 Å². The van der Waals surface area contributed by atoms with E-state index in [9.17, 15) is 31.2 Å². The predicted molar refractivity (Wildman–Crippen MR) is 88.1 cm³/mol. The quantitative estimate of drug-likeness (QED) is 0.567. The zero-order chi connectivity index (χ0) is 20.2. The highest BCUT2D eigenvalue weighted by Crippen LogP contribution is 2.26. The molecule has 0 bridgehead atoms. The van der Waals surface area contributed by atoms with Crippen molar-refractivity contribution in [3.63, 3.8) is 0 Å². The number of nitrogens with one attached hydrogen (secondary N) is 1. The Balaban J connectivity index is 2.08. The van der Waals surface area contributed by atoms with Crippen LogP contribution in [0.2, 0.25) is 0 Å². The molecule has 1 aromatic rings. The summed E-state index contributed by atoms with van der Waals surface area (Å²) in [6.45, 7) is -0.379. The summed E-state index contributed by atoms with van der Waals surface area (Å²) in [6, 6.07) is 4.17. The van der Waals surface area contributed by atoms with Gasteiger partial charge in [0.2, 0.25) is 10.0 Å². The first-order valence-electron chi connectivity index (χ1n) is 8.09. The van der Waals surface area contributed by atoms with Crippen LogP contribution in [0.15, 0.2) is 23.1 Å². The highest BCUT2D eigenvalue weighted by Gasteiger charge is 2.43. The highest BCUT2D eigenvalue weighted by atomic mass is 32.2. The minimum atomic E-state index is -4.97. The second-order valence-corrected chi connectivity index (χ2v) is 7.75. The fraction of sp³-hybridized carbons (Fsp3) is 0.500. The molecule has 7 nitrogen and oxygen atoms in total. The fourth-order valence-corrected chi connectivity index (χ4v) is 3.80. The van der Waals surface area contributed by atoms with Crippen molar-refractivity contribution in [2.75, 3.05) is 20.2 Å². The number of methoxy groups -OCH3 is 1. The maximum absolute atomic E-state index is 12.6. The van der Waals surface area contributed by atoms with Crippen molar-refractivity contribution in [3.8, 4) is 0 Å². The fourth-order valence-electron chi connectivity index (χ4n) is 2.68. The van der Waals surface area contributed by atoms with E-state index < -0.39 is 28.1 Å². The Kier molecular flexibility index (Phi) is 6.47. The smallest absolute Gasteiger partial charge is 0.469 e. The average Bonchev–Trinajstić information content (AvgIpc) is 2.62. The van der Waals surface area contributed by atoms with Crippen molar-refractivity contribution < 1.29 is 35.9 Å². The van der Waals surface area contributed by atoms with Crippen LogP contribution >= 0.6 is 0 Å². The number of nitrogens with zero attached hydrogens (tertiary/aromatic N) is 1. The SMILES string of the molecule is COC(=O)CCCNS(=O)(=O)c1ccc2c(c1)CN(C(=O)C(F)(F)F)CC2. The first kappa shape index (κ1) is 21.2. The Morgan fingerprint density at radius 3 is 2.59 bits per heavy atom. The molecule has 11 heteroatoms. The second-order valence-electron chi connectivity index (χ2n) is 5.98. The van der Waals surface area contributed by atoms with Gasteiger partial charge in [0.05, 0.1) is 12.0 Å². The number of ether oxygens (including phenoxy) is 1. The van der Waals surface area contributed by atoms with Gasteiger partial charge in [-0.1, -0.05) is 6.07 Å². The first-order chi connectivity index (χ1) is 12.5. The number of benzene rings is 1. The number of rotatable bonds is 6. The molecule has 0 spiro atoms. The van der Waals surface area contributed by atoms with Crippen molar-refractivity contribution in [3.05, 3.63) is 29.3 Å². The molecule has 1 N–H and O–H groups in total. The molecule has 1 heterocycles. The number of fused-ring (bicyclic) bond motifs is 1. The molecule has 2 rings (SSSR count). The van der Waals surface area contributed by atoms with Crippen molar-refractivity contribution in [1.29, 1.82) is 0 Å². The Bertz CT molecular complexity index is 824. The number of carbonyl (C=O) groups is 2. The zero-order valence-corrected chi connectivity index (χ0v) is 15.3. The first-order valence-corrected chi connectivity index (χ1v) is 9.57. The third-order valence-electron chi connectivity index (χ3n) is 4.11. The standard InChI is InChI=1S/C16H19F3N2O5S/c1-26-14(22)3-2-7-20-27(24,25)13-5-4-11-6-8-21(10-12(11)9-13)15(23)16(17,18)19/h4-5,9,20H,2-3,6-8,10H2,1H3. The molecule has 0 fully saturated rings. The Hall–Kier alpha value is -2.14. The van der Waals surface area contributed by atoms with E-state index in [1.54, 1.807) is 0 Å². The van der Waals surface area contributed by atoms with Crippen molar-refractivity contribution in [2.24, 2.45) is 0 Å². The van der Waals surface area contributed by atoms with Crippen molar-refractivity contribution >= 4 is 21.9 Å². The van der Waals surface area contributed by atoms with Gasteiger partial charge in [-0.25, -0.2) is 13.1 Å². The summed E-state index contributed by atoms with van der Waals surface area (Å²) < 4.78 is 69.2. The second kappa shape index (κ2) is 8.26. The lowest BCUT2D eigenvalue weighted by molar-refractivity contribution is -0.186. The van der Waals surface area contributed by atoms with E-state index in [4.69, 9.17) is 0 Å². The van der Waals surface area contributed by atoms with E-state index >= 15 is 0 Å². The Morgan fingerprint density at radius 1 is 1.26 bits per heavy atom. The number of hydrogen-bond donors (Lipinski definition) is 1. The van der Waals surface area contributed by atoms with Crippen LogP contribution < -0.4 is 4.72 Å². The number of amides is 1. The molecule has 0 aliphatic carbocycles. The number of esters is 1. The lowest BCUT2D eigenvalue weighted by Gasteiger charge is -2.29. The van der Waals surface area contributed by atoms with Gasteiger partial charge in [0.1, 0.15) is 0 Å². The summed E-state index contributed by atoms with van der Waals surface area (Å²) in [7, 11) is -2.66. The van der Waals surface area contributed by atoms with Crippen LogP contribution in [0.4, 0.5) is 13.2 Å². The van der Waals surface area contributed by atoms with E-state index in [1.807, 2.05) is 0 Å². The van der Waals surface area contributed by atoms with Crippen LogP contribution in [-0.2, 0) is 37.3 Å². The topological polar surface area (TPSA) is 92.8 Å². The van der Waals surface area contributed by atoms with Gasteiger partial charge in [0, 0.05) is 26.1 Å². The lowest BCUT2D eigenvalue weighted by Crippen LogP contribution is -2.43. The van der Waals surface area contributed by atoms with Crippen LogP contribution in [-0.4, -0.2) is 51.6 Å². The lowest BCUT2D eigenvalue weighted by atomic mass is 10.00. The summed E-state index contributed by atoms with van der Waals surface area (Å²) in [5, 5.41) is 0. The zero-order valence-electron chi connectivity index (χ0n) is 14.5. The van der Waals surface area contributed by atoms with Gasteiger partial charge in [-0.05, 0) is 36.1 Å². The van der Waals surface area contributed by atoms with Crippen LogP contribution in [0.5, 0.6) is 0 Å². The number of carbonyl (C=O) groups excluding carboxylic acids is 2. The maximum atomic E-state index is 12.6. The number of halogens is 3. The molecule has 1 aliphatic rings. The normalized spacial score (nSPS) is 14.6. The number of sulfonamides is 1. The van der Waals surface area contributed by atoms with Gasteiger partial charge in [0.25, 0.3) is 0 Å².